The van der Waals surface area contributed by atoms with Crippen molar-refractivity contribution >= 4 is 23.5 Å². The fourth-order valence-corrected chi connectivity index (χ4v) is 3.46. The summed E-state index contributed by atoms with van der Waals surface area (Å²) in [6, 6.07) is 18.6. The molecule has 4 nitrogen and oxygen atoms in total. The van der Waals surface area contributed by atoms with Crippen molar-refractivity contribution in [3.05, 3.63) is 60.2 Å². The second-order valence-electron chi connectivity index (χ2n) is 6.02. The van der Waals surface area contributed by atoms with Crippen LogP contribution in [-0.4, -0.2) is 48.8 Å². The molecule has 126 valence electrons. The van der Waals surface area contributed by atoms with Gasteiger partial charge >= 0.3 is 6.03 Å². The number of thioether (sulfide) groups is 1. The molecule has 0 unspecified atom stereocenters. The summed E-state index contributed by atoms with van der Waals surface area (Å²) in [5, 5.41) is 3.03. The SMILES string of the molecule is CSc1cccc(NC(=O)N2CCN(C)[C@@H](c3ccccc3)C2)c1. The van der Waals surface area contributed by atoms with Gasteiger partial charge in [-0.15, -0.1) is 11.8 Å². The van der Waals surface area contributed by atoms with Gasteiger partial charge in [-0.25, -0.2) is 4.79 Å². The standard InChI is InChI=1S/C19H23N3OS/c1-21-11-12-22(14-18(21)15-7-4-3-5-8-15)19(23)20-16-9-6-10-17(13-16)24-2/h3-10,13,18H,11-12,14H2,1-2H3,(H,20,23)/t18-/m1/s1. The van der Waals surface area contributed by atoms with Gasteiger partial charge in [-0.1, -0.05) is 36.4 Å². The van der Waals surface area contributed by atoms with Crippen LogP contribution in [0.3, 0.4) is 0 Å². The molecule has 1 aliphatic heterocycles. The van der Waals surface area contributed by atoms with Gasteiger partial charge in [0.15, 0.2) is 0 Å². The van der Waals surface area contributed by atoms with Crippen molar-refractivity contribution in [2.75, 3.05) is 38.3 Å². The second-order valence-corrected chi connectivity index (χ2v) is 6.89. The van der Waals surface area contributed by atoms with Crippen molar-refractivity contribution in [3.8, 4) is 0 Å². The predicted octanol–water partition coefficient (Wildman–Crippen LogP) is 3.93. The molecule has 1 heterocycles. The average Bonchev–Trinajstić information content (AvgIpc) is 2.63. The summed E-state index contributed by atoms with van der Waals surface area (Å²) in [5.74, 6) is 0. The molecule has 1 aliphatic rings. The Labute approximate surface area is 147 Å². The van der Waals surface area contributed by atoms with Gasteiger partial charge in [0.25, 0.3) is 0 Å². The van der Waals surface area contributed by atoms with E-state index in [2.05, 4.69) is 41.5 Å². The fraction of sp³-hybridized carbons (Fsp3) is 0.316. The number of nitrogens with zero attached hydrogens (tertiary/aromatic N) is 2. The molecule has 1 N–H and O–H groups in total. The Bertz CT molecular complexity index is 692. The molecule has 0 radical (unpaired) electrons. The lowest BCUT2D eigenvalue weighted by molar-refractivity contribution is 0.116. The molecular weight excluding hydrogens is 318 g/mol. The lowest BCUT2D eigenvalue weighted by Crippen LogP contribution is -2.50. The second kappa shape index (κ2) is 7.73. The molecule has 24 heavy (non-hydrogen) atoms. The Morgan fingerprint density at radius 2 is 1.92 bits per heavy atom. The van der Waals surface area contributed by atoms with Crippen molar-refractivity contribution in [3.63, 3.8) is 0 Å². The summed E-state index contributed by atoms with van der Waals surface area (Å²) in [5.41, 5.74) is 2.10. The maximum atomic E-state index is 12.6. The Kier molecular flexibility index (Phi) is 5.43. The number of hydrogen-bond donors (Lipinski definition) is 1. The number of benzene rings is 2. The van der Waals surface area contributed by atoms with E-state index in [-0.39, 0.29) is 12.1 Å². The first kappa shape index (κ1) is 16.9. The Hall–Kier alpha value is -1.98. The first-order valence-corrected chi connectivity index (χ1v) is 9.35. The van der Waals surface area contributed by atoms with Crippen LogP contribution in [0.5, 0.6) is 0 Å². The van der Waals surface area contributed by atoms with Crippen molar-refractivity contribution < 1.29 is 4.79 Å². The van der Waals surface area contributed by atoms with Gasteiger partial charge in [-0.2, -0.15) is 0 Å². The highest BCUT2D eigenvalue weighted by atomic mass is 32.2. The van der Waals surface area contributed by atoms with E-state index in [4.69, 9.17) is 0 Å². The van der Waals surface area contributed by atoms with Crippen molar-refractivity contribution in [2.24, 2.45) is 0 Å². The number of nitrogens with one attached hydrogen (secondary N) is 1. The predicted molar refractivity (Wildman–Crippen MR) is 101 cm³/mol. The molecule has 1 fully saturated rings. The van der Waals surface area contributed by atoms with Gasteiger partial charge in [-0.05, 0) is 37.1 Å². The molecule has 0 aliphatic carbocycles. The molecule has 3 rings (SSSR count). The van der Waals surface area contributed by atoms with E-state index in [9.17, 15) is 4.79 Å². The molecule has 0 aromatic heterocycles. The zero-order valence-electron chi connectivity index (χ0n) is 14.1. The highest BCUT2D eigenvalue weighted by Gasteiger charge is 2.28. The molecule has 0 bridgehead atoms. The van der Waals surface area contributed by atoms with Crippen LogP contribution in [0.15, 0.2) is 59.5 Å². The summed E-state index contributed by atoms with van der Waals surface area (Å²) in [6.07, 6.45) is 2.03. The Morgan fingerprint density at radius 3 is 2.67 bits per heavy atom. The molecule has 5 heteroatoms. The van der Waals surface area contributed by atoms with E-state index in [0.717, 1.165) is 23.7 Å². The molecule has 1 atom stereocenters. The molecule has 0 spiro atoms. The van der Waals surface area contributed by atoms with Crippen LogP contribution in [-0.2, 0) is 0 Å². The van der Waals surface area contributed by atoms with Crippen LogP contribution < -0.4 is 5.32 Å². The van der Waals surface area contributed by atoms with E-state index >= 15 is 0 Å². The Balaban J connectivity index is 1.69. The minimum atomic E-state index is -0.0257. The smallest absolute Gasteiger partial charge is 0.321 e. The number of likely N-dealkylation sites (N-methyl/N-ethyl adjacent to an activating group) is 1. The van der Waals surface area contributed by atoms with Crippen LogP contribution in [0.4, 0.5) is 10.5 Å². The summed E-state index contributed by atoms with van der Waals surface area (Å²) in [7, 11) is 2.12. The number of hydrogen-bond acceptors (Lipinski definition) is 3. The maximum absolute atomic E-state index is 12.6. The van der Waals surface area contributed by atoms with Crippen molar-refractivity contribution in [2.45, 2.75) is 10.9 Å². The van der Waals surface area contributed by atoms with Gasteiger partial charge in [0.05, 0.1) is 6.04 Å². The molecule has 2 amide bonds. The molecule has 1 saturated heterocycles. The van der Waals surface area contributed by atoms with E-state index < -0.39 is 0 Å². The van der Waals surface area contributed by atoms with Gasteiger partial charge in [0.2, 0.25) is 0 Å². The minimum absolute atomic E-state index is 0.0257. The van der Waals surface area contributed by atoms with Gasteiger partial charge in [0, 0.05) is 30.2 Å². The third-order valence-electron chi connectivity index (χ3n) is 4.44. The number of carbonyl (C=O) groups excluding carboxylic acids is 1. The number of carbonyl (C=O) groups is 1. The maximum Gasteiger partial charge on any atom is 0.321 e. The molecule has 0 saturated carbocycles. The Morgan fingerprint density at radius 1 is 1.12 bits per heavy atom. The van der Waals surface area contributed by atoms with Gasteiger partial charge in [0.1, 0.15) is 0 Å². The van der Waals surface area contributed by atoms with E-state index in [1.54, 1.807) is 11.8 Å². The third-order valence-corrected chi connectivity index (χ3v) is 5.17. The topological polar surface area (TPSA) is 35.6 Å². The highest BCUT2D eigenvalue weighted by molar-refractivity contribution is 7.98. The number of amides is 2. The van der Waals surface area contributed by atoms with Gasteiger partial charge < -0.3 is 10.2 Å². The summed E-state index contributed by atoms with van der Waals surface area (Å²) < 4.78 is 0. The van der Waals surface area contributed by atoms with E-state index in [1.165, 1.54) is 5.56 Å². The largest absolute Gasteiger partial charge is 0.321 e. The summed E-state index contributed by atoms with van der Waals surface area (Å²) in [4.78, 5) is 18.0. The van der Waals surface area contributed by atoms with Crippen LogP contribution in [0.25, 0.3) is 0 Å². The van der Waals surface area contributed by atoms with Crippen LogP contribution >= 0.6 is 11.8 Å². The van der Waals surface area contributed by atoms with Crippen LogP contribution in [0.1, 0.15) is 11.6 Å². The minimum Gasteiger partial charge on any atom is -0.321 e. The monoisotopic (exact) mass is 341 g/mol. The summed E-state index contributed by atoms with van der Waals surface area (Å²) >= 11 is 1.67. The zero-order chi connectivity index (χ0) is 16.9. The third kappa shape index (κ3) is 3.91. The lowest BCUT2D eigenvalue weighted by atomic mass is 10.0. The lowest BCUT2D eigenvalue weighted by Gasteiger charge is -2.39. The average molecular weight is 341 g/mol. The molecule has 2 aromatic rings. The quantitative estimate of drug-likeness (QED) is 0.859. The number of urea groups is 1. The van der Waals surface area contributed by atoms with Crippen molar-refractivity contribution in [1.82, 2.24) is 9.80 Å². The number of anilines is 1. The zero-order valence-corrected chi connectivity index (χ0v) is 14.9. The van der Waals surface area contributed by atoms with Crippen LogP contribution in [0.2, 0.25) is 0 Å². The first-order valence-electron chi connectivity index (χ1n) is 8.12. The number of rotatable bonds is 3. The normalized spacial score (nSPS) is 18.4. The van der Waals surface area contributed by atoms with Crippen LogP contribution in [0, 0.1) is 0 Å². The van der Waals surface area contributed by atoms with Crippen molar-refractivity contribution in [1.29, 1.82) is 0 Å². The highest BCUT2D eigenvalue weighted by Crippen LogP contribution is 2.25. The molecule has 2 aromatic carbocycles. The van der Waals surface area contributed by atoms with E-state index in [1.807, 2.05) is 41.5 Å². The van der Waals surface area contributed by atoms with E-state index in [0.29, 0.717) is 6.54 Å². The summed E-state index contributed by atoms with van der Waals surface area (Å²) in [6.45, 7) is 2.32. The first-order chi connectivity index (χ1) is 11.7. The van der Waals surface area contributed by atoms with Gasteiger partial charge in [-0.3, -0.25) is 4.90 Å². The fourth-order valence-electron chi connectivity index (χ4n) is 3.00. The number of piperazine rings is 1. The molecular formula is C19H23N3OS.